The van der Waals surface area contributed by atoms with Gasteiger partial charge in [-0.05, 0) is 29.9 Å². The van der Waals surface area contributed by atoms with Gasteiger partial charge in [0, 0.05) is 6.54 Å². The first kappa shape index (κ1) is 12.2. The van der Waals surface area contributed by atoms with Gasteiger partial charge in [-0.3, -0.25) is 9.69 Å². The summed E-state index contributed by atoms with van der Waals surface area (Å²) in [5.41, 5.74) is 1.34. The number of rotatable bonds is 2. The summed E-state index contributed by atoms with van der Waals surface area (Å²) in [5.74, 6) is 0.192. The summed E-state index contributed by atoms with van der Waals surface area (Å²) in [5, 5.41) is 2.93. The summed E-state index contributed by atoms with van der Waals surface area (Å²) in [7, 11) is 0. The molecule has 4 nitrogen and oxygen atoms in total. The van der Waals surface area contributed by atoms with Crippen molar-refractivity contribution in [1.82, 2.24) is 10.2 Å². The van der Waals surface area contributed by atoms with Crippen LogP contribution in [0.25, 0.3) is 0 Å². The molecule has 3 amide bonds. The van der Waals surface area contributed by atoms with E-state index < -0.39 is 5.54 Å². The maximum absolute atomic E-state index is 12.7. The Morgan fingerprint density at radius 1 is 1.32 bits per heavy atom. The first-order chi connectivity index (χ1) is 9.04. The van der Waals surface area contributed by atoms with Crippen molar-refractivity contribution in [3.8, 4) is 0 Å². The number of nitrogens with one attached hydrogen (secondary N) is 1. The van der Waals surface area contributed by atoms with Crippen molar-refractivity contribution < 1.29 is 9.59 Å². The van der Waals surface area contributed by atoms with Crippen LogP contribution in [0.3, 0.4) is 0 Å². The summed E-state index contributed by atoms with van der Waals surface area (Å²) in [6.07, 6.45) is 1.52. The van der Waals surface area contributed by atoms with E-state index in [1.54, 1.807) is 0 Å². The molecule has 0 saturated carbocycles. The topological polar surface area (TPSA) is 49.4 Å². The third-order valence-electron chi connectivity index (χ3n) is 3.97. The molecule has 19 heavy (non-hydrogen) atoms. The van der Waals surface area contributed by atoms with E-state index in [1.807, 2.05) is 38.1 Å². The minimum atomic E-state index is -0.803. The molecule has 1 saturated heterocycles. The molecule has 3 rings (SSSR count). The number of benzene rings is 1. The highest BCUT2D eigenvalue weighted by Crippen LogP contribution is 2.41. The Morgan fingerprint density at radius 2 is 2.05 bits per heavy atom. The number of urea groups is 1. The van der Waals surface area contributed by atoms with Crippen LogP contribution in [-0.4, -0.2) is 23.4 Å². The first-order valence-electron chi connectivity index (χ1n) is 6.77. The second-order valence-corrected chi connectivity index (χ2v) is 5.80. The minimum absolute atomic E-state index is 0.0869. The van der Waals surface area contributed by atoms with E-state index in [2.05, 4.69) is 5.32 Å². The summed E-state index contributed by atoms with van der Waals surface area (Å²) >= 11 is 0. The predicted molar refractivity (Wildman–Crippen MR) is 71.5 cm³/mol. The summed E-state index contributed by atoms with van der Waals surface area (Å²) < 4.78 is 0. The molecule has 1 aliphatic heterocycles. The van der Waals surface area contributed by atoms with E-state index in [0.717, 1.165) is 12.0 Å². The molecule has 0 radical (unpaired) electrons. The van der Waals surface area contributed by atoms with Gasteiger partial charge in [-0.15, -0.1) is 0 Å². The number of carbonyl (C=O) groups excluding carboxylic acids is 2. The maximum atomic E-state index is 12.7. The van der Waals surface area contributed by atoms with Crippen molar-refractivity contribution in [2.75, 3.05) is 6.54 Å². The molecule has 1 N–H and O–H groups in total. The lowest BCUT2D eigenvalue weighted by Gasteiger charge is -2.22. The van der Waals surface area contributed by atoms with E-state index in [0.29, 0.717) is 13.0 Å². The molecule has 1 aromatic rings. The molecule has 0 aromatic heterocycles. The lowest BCUT2D eigenvalue weighted by atomic mass is 9.92. The summed E-state index contributed by atoms with van der Waals surface area (Å²) in [6.45, 7) is 4.50. The predicted octanol–water partition coefficient (Wildman–Crippen LogP) is 2.04. The average Bonchev–Trinajstić information content (AvgIpc) is 2.85. The van der Waals surface area contributed by atoms with Crippen molar-refractivity contribution in [1.29, 1.82) is 0 Å². The number of imide groups is 1. The van der Waals surface area contributed by atoms with E-state index >= 15 is 0 Å². The molecule has 1 atom stereocenters. The fourth-order valence-electron chi connectivity index (χ4n) is 3.12. The smallest absolute Gasteiger partial charge is 0.319 e. The van der Waals surface area contributed by atoms with Crippen LogP contribution in [0, 0.1) is 5.92 Å². The number of hydrogen-bond donors (Lipinski definition) is 1. The number of carbonyl (C=O) groups is 2. The maximum Gasteiger partial charge on any atom is 0.325 e. The molecular formula is C15H18N2O2. The monoisotopic (exact) mass is 258 g/mol. The fourth-order valence-corrected chi connectivity index (χ4v) is 3.12. The van der Waals surface area contributed by atoms with Crippen molar-refractivity contribution in [3.63, 3.8) is 0 Å². The Morgan fingerprint density at radius 3 is 2.79 bits per heavy atom. The van der Waals surface area contributed by atoms with Crippen LogP contribution in [0.4, 0.5) is 4.79 Å². The first-order valence-corrected chi connectivity index (χ1v) is 6.77. The highest BCUT2D eigenvalue weighted by atomic mass is 16.2. The zero-order chi connectivity index (χ0) is 13.6. The van der Waals surface area contributed by atoms with Gasteiger partial charge in [0.05, 0.1) is 0 Å². The van der Waals surface area contributed by atoms with Gasteiger partial charge in [-0.25, -0.2) is 4.79 Å². The zero-order valence-electron chi connectivity index (χ0n) is 11.3. The Hall–Kier alpha value is -1.84. The van der Waals surface area contributed by atoms with Crippen molar-refractivity contribution in [3.05, 3.63) is 35.4 Å². The van der Waals surface area contributed by atoms with Gasteiger partial charge in [-0.2, -0.15) is 0 Å². The molecule has 1 aromatic carbocycles. The van der Waals surface area contributed by atoms with Crippen LogP contribution in [-0.2, 0) is 16.8 Å². The van der Waals surface area contributed by atoms with Crippen LogP contribution in [0.2, 0.25) is 0 Å². The Bertz CT molecular complexity index is 553. The van der Waals surface area contributed by atoms with Gasteiger partial charge in [-0.1, -0.05) is 38.1 Å². The van der Waals surface area contributed by atoms with Gasteiger partial charge in [0.25, 0.3) is 5.91 Å². The Labute approximate surface area is 112 Å². The van der Waals surface area contributed by atoms with E-state index in [1.165, 1.54) is 10.5 Å². The second-order valence-electron chi connectivity index (χ2n) is 5.80. The quantitative estimate of drug-likeness (QED) is 0.825. The normalized spacial score (nSPS) is 25.3. The summed E-state index contributed by atoms with van der Waals surface area (Å²) in [6, 6.07) is 7.64. The molecule has 100 valence electrons. The molecule has 1 heterocycles. The molecular weight excluding hydrogens is 240 g/mol. The van der Waals surface area contributed by atoms with Gasteiger partial charge in [0.1, 0.15) is 5.54 Å². The molecule has 1 spiro atoms. The Balaban J connectivity index is 2.00. The number of amides is 3. The second kappa shape index (κ2) is 4.08. The third-order valence-corrected chi connectivity index (χ3v) is 3.97. The van der Waals surface area contributed by atoms with Crippen molar-refractivity contribution in [2.45, 2.75) is 32.2 Å². The van der Waals surface area contributed by atoms with Crippen LogP contribution in [0.5, 0.6) is 0 Å². The highest BCUT2D eigenvalue weighted by Gasteiger charge is 2.55. The van der Waals surface area contributed by atoms with Crippen LogP contribution in [0.1, 0.15) is 31.4 Å². The number of fused-ring (bicyclic) bond motifs is 2. The third kappa shape index (κ3) is 1.66. The average molecular weight is 258 g/mol. The van der Waals surface area contributed by atoms with Crippen LogP contribution < -0.4 is 5.32 Å². The summed E-state index contributed by atoms with van der Waals surface area (Å²) in [4.78, 5) is 26.1. The molecule has 2 aliphatic rings. The molecule has 0 bridgehead atoms. The van der Waals surface area contributed by atoms with Crippen molar-refractivity contribution >= 4 is 11.9 Å². The minimum Gasteiger partial charge on any atom is -0.319 e. The molecule has 1 fully saturated rings. The lowest BCUT2D eigenvalue weighted by molar-refractivity contribution is -0.131. The molecule has 1 aliphatic carbocycles. The van der Waals surface area contributed by atoms with E-state index in [4.69, 9.17) is 0 Å². The van der Waals surface area contributed by atoms with Crippen LogP contribution in [0.15, 0.2) is 24.3 Å². The van der Waals surface area contributed by atoms with Gasteiger partial charge >= 0.3 is 6.03 Å². The Kier molecular flexibility index (Phi) is 2.62. The molecule has 4 heteroatoms. The number of nitrogens with zero attached hydrogens (tertiary/aromatic N) is 1. The van der Waals surface area contributed by atoms with Crippen molar-refractivity contribution in [2.24, 2.45) is 5.92 Å². The van der Waals surface area contributed by atoms with Crippen LogP contribution >= 0.6 is 0 Å². The lowest BCUT2D eigenvalue weighted by Crippen LogP contribution is -2.42. The highest BCUT2D eigenvalue weighted by molar-refractivity contribution is 6.08. The van der Waals surface area contributed by atoms with Gasteiger partial charge in [0.15, 0.2) is 0 Å². The van der Waals surface area contributed by atoms with Gasteiger partial charge in [0.2, 0.25) is 0 Å². The van der Waals surface area contributed by atoms with E-state index in [-0.39, 0.29) is 17.9 Å². The standard InChI is InChI=1S/C15H18N2O2/c1-10(2)9-17-13(18)15(16-14(17)19)8-7-11-5-3-4-6-12(11)15/h3-6,10H,7-9H2,1-2H3,(H,16,19)/t15-/m0/s1. The van der Waals surface area contributed by atoms with Gasteiger partial charge < -0.3 is 5.32 Å². The SMILES string of the molecule is CC(C)CN1C(=O)N[C@]2(CCc3ccccc32)C1=O. The largest absolute Gasteiger partial charge is 0.325 e. The number of aryl methyl sites for hydroxylation is 1. The van der Waals surface area contributed by atoms with E-state index in [9.17, 15) is 9.59 Å². The molecule has 0 unspecified atom stereocenters. The zero-order valence-corrected chi connectivity index (χ0v) is 11.3. The fraction of sp³-hybridized carbons (Fsp3) is 0.467. The number of hydrogen-bond acceptors (Lipinski definition) is 2.